The van der Waals surface area contributed by atoms with E-state index in [9.17, 15) is 15.2 Å². The molecule has 1 aliphatic heterocycles. The summed E-state index contributed by atoms with van der Waals surface area (Å²) in [5.41, 5.74) is 5.28. The van der Waals surface area contributed by atoms with Crippen molar-refractivity contribution >= 4 is 17.1 Å². The normalized spacial score (nSPS) is 26.3. The lowest BCUT2D eigenvalue weighted by atomic mass is 9.96. The van der Waals surface area contributed by atoms with Gasteiger partial charge in [0.25, 0.3) is 5.69 Å². The number of nitrogens with two attached hydrogens (primary N) is 1. The van der Waals surface area contributed by atoms with Crippen LogP contribution in [0.2, 0.25) is 0 Å². The Kier molecular flexibility index (Phi) is 3.59. The van der Waals surface area contributed by atoms with Crippen molar-refractivity contribution in [3.63, 3.8) is 0 Å². The van der Waals surface area contributed by atoms with E-state index in [1.54, 1.807) is 6.07 Å². The number of nitro benzene ring substituents is 1. The molecule has 2 rings (SSSR count). The fourth-order valence-corrected chi connectivity index (χ4v) is 2.09. The molecule has 1 saturated heterocycles. The molecule has 7 nitrogen and oxygen atoms in total. The van der Waals surface area contributed by atoms with Gasteiger partial charge in [0.15, 0.2) is 0 Å². The van der Waals surface area contributed by atoms with E-state index in [0.717, 1.165) is 0 Å². The van der Waals surface area contributed by atoms with Crippen LogP contribution < -0.4 is 11.1 Å². The van der Waals surface area contributed by atoms with E-state index >= 15 is 0 Å². The van der Waals surface area contributed by atoms with Crippen LogP contribution >= 0.6 is 0 Å². The summed E-state index contributed by atoms with van der Waals surface area (Å²) in [4.78, 5) is 10.1. The van der Waals surface area contributed by atoms with E-state index in [2.05, 4.69) is 5.32 Å². The Morgan fingerprint density at radius 1 is 1.68 bits per heavy atom. The van der Waals surface area contributed by atoms with Gasteiger partial charge in [-0.1, -0.05) is 0 Å². The third kappa shape index (κ3) is 2.77. The Bertz CT molecular complexity index is 494. The molecule has 7 heteroatoms. The molecule has 0 aromatic heterocycles. The molecule has 104 valence electrons. The van der Waals surface area contributed by atoms with Gasteiger partial charge in [-0.25, -0.2) is 0 Å². The molecule has 1 fully saturated rings. The quantitative estimate of drug-likeness (QED) is 0.428. The molecule has 0 radical (unpaired) electrons. The number of anilines is 2. The minimum Gasteiger partial charge on any atom is -0.393 e. The topological polar surface area (TPSA) is 111 Å². The molecule has 0 aliphatic carbocycles. The summed E-state index contributed by atoms with van der Waals surface area (Å²) >= 11 is 0. The highest BCUT2D eigenvalue weighted by Gasteiger charge is 2.39. The van der Waals surface area contributed by atoms with Crippen LogP contribution in [0.5, 0.6) is 0 Å². The molecule has 2 unspecified atom stereocenters. The third-order valence-corrected chi connectivity index (χ3v) is 3.48. The number of aliphatic hydroxyl groups is 1. The summed E-state index contributed by atoms with van der Waals surface area (Å²) in [6.07, 6.45) is 0.319. The first-order chi connectivity index (χ1) is 8.92. The van der Waals surface area contributed by atoms with Crippen molar-refractivity contribution in [3.05, 3.63) is 28.3 Å². The van der Waals surface area contributed by atoms with Crippen molar-refractivity contribution in [1.29, 1.82) is 0 Å². The minimum atomic E-state index is -0.920. The van der Waals surface area contributed by atoms with Crippen molar-refractivity contribution < 1.29 is 14.8 Å². The van der Waals surface area contributed by atoms with Crippen LogP contribution in [0.1, 0.15) is 13.3 Å². The number of hydrogen-bond acceptors (Lipinski definition) is 6. The third-order valence-electron chi connectivity index (χ3n) is 3.48. The molecule has 1 heterocycles. The van der Waals surface area contributed by atoms with Crippen LogP contribution in [0.3, 0.4) is 0 Å². The second-order valence-corrected chi connectivity index (χ2v) is 4.75. The molecule has 4 N–H and O–H groups in total. The largest absolute Gasteiger partial charge is 0.393 e. The summed E-state index contributed by atoms with van der Waals surface area (Å²) in [7, 11) is 0. The van der Waals surface area contributed by atoms with Gasteiger partial charge in [0.05, 0.1) is 11.0 Å². The van der Waals surface area contributed by atoms with E-state index < -0.39 is 10.5 Å². The van der Waals surface area contributed by atoms with Gasteiger partial charge in [-0.05, 0) is 19.1 Å². The number of rotatable bonds is 4. The number of benzene rings is 1. The van der Waals surface area contributed by atoms with Gasteiger partial charge in [0.1, 0.15) is 11.3 Å². The fourth-order valence-electron chi connectivity index (χ4n) is 2.09. The van der Waals surface area contributed by atoms with Crippen LogP contribution in [0.4, 0.5) is 17.1 Å². The number of ether oxygens (including phenoxy) is 1. The fraction of sp³-hybridized carbons (Fsp3) is 0.500. The van der Waals surface area contributed by atoms with Gasteiger partial charge >= 0.3 is 0 Å². The van der Waals surface area contributed by atoms with Crippen LogP contribution in [-0.4, -0.2) is 34.9 Å². The van der Waals surface area contributed by atoms with Gasteiger partial charge in [-0.2, -0.15) is 0 Å². The molecule has 0 amide bonds. The predicted octanol–water partition coefficient (Wildman–Crippen LogP) is 1.13. The van der Waals surface area contributed by atoms with Crippen LogP contribution in [0.15, 0.2) is 18.2 Å². The lowest BCUT2D eigenvalue weighted by Crippen LogP contribution is -2.43. The number of nitrogen functional groups attached to an aromatic ring is 1. The average Bonchev–Trinajstić information content (AvgIpc) is 2.67. The molecule has 1 aliphatic rings. The maximum absolute atomic E-state index is 10.6. The molecular formula is C12H17N3O4. The van der Waals surface area contributed by atoms with Gasteiger partial charge in [-0.3, -0.25) is 10.1 Å². The SMILES string of the molecule is CC1OCCC1(O)CNc1ccc([N+](=O)[O-])c(N)c1. The molecule has 0 bridgehead atoms. The lowest BCUT2D eigenvalue weighted by molar-refractivity contribution is -0.383. The van der Waals surface area contributed by atoms with Crippen LogP contribution in [0, 0.1) is 10.1 Å². The van der Waals surface area contributed by atoms with Crippen molar-refractivity contribution in [2.24, 2.45) is 0 Å². The van der Waals surface area contributed by atoms with Crippen molar-refractivity contribution in [2.45, 2.75) is 25.0 Å². The second-order valence-electron chi connectivity index (χ2n) is 4.75. The maximum atomic E-state index is 10.6. The molecule has 1 aromatic carbocycles. The molecule has 2 atom stereocenters. The van der Waals surface area contributed by atoms with E-state index in [-0.39, 0.29) is 17.5 Å². The second kappa shape index (κ2) is 5.02. The van der Waals surface area contributed by atoms with E-state index in [1.165, 1.54) is 12.1 Å². The summed E-state index contributed by atoms with van der Waals surface area (Å²) in [6, 6.07) is 4.40. The van der Waals surface area contributed by atoms with Crippen molar-refractivity contribution in [1.82, 2.24) is 0 Å². The Morgan fingerprint density at radius 3 is 2.95 bits per heavy atom. The van der Waals surface area contributed by atoms with Crippen molar-refractivity contribution in [3.8, 4) is 0 Å². The van der Waals surface area contributed by atoms with Gasteiger partial charge in [0, 0.05) is 31.3 Å². The smallest absolute Gasteiger partial charge is 0.292 e. The summed E-state index contributed by atoms with van der Waals surface area (Å²) < 4.78 is 5.33. The zero-order valence-corrected chi connectivity index (χ0v) is 10.6. The summed E-state index contributed by atoms with van der Waals surface area (Å²) in [5.74, 6) is 0. The number of hydrogen-bond donors (Lipinski definition) is 3. The maximum Gasteiger partial charge on any atom is 0.292 e. The van der Waals surface area contributed by atoms with E-state index in [0.29, 0.717) is 25.3 Å². The highest BCUT2D eigenvalue weighted by molar-refractivity contribution is 5.65. The van der Waals surface area contributed by atoms with Gasteiger partial charge in [0.2, 0.25) is 0 Å². The van der Waals surface area contributed by atoms with E-state index in [1.807, 2.05) is 6.92 Å². The van der Waals surface area contributed by atoms with Gasteiger partial charge < -0.3 is 20.9 Å². The zero-order chi connectivity index (χ0) is 14.0. The summed E-state index contributed by atoms with van der Waals surface area (Å²) in [6.45, 7) is 2.66. The monoisotopic (exact) mass is 267 g/mol. The molecule has 19 heavy (non-hydrogen) atoms. The number of nitrogens with zero attached hydrogens (tertiary/aromatic N) is 1. The van der Waals surface area contributed by atoms with E-state index in [4.69, 9.17) is 10.5 Å². The van der Waals surface area contributed by atoms with Crippen LogP contribution in [0.25, 0.3) is 0 Å². The van der Waals surface area contributed by atoms with Crippen LogP contribution in [-0.2, 0) is 4.74 Å². The first-order valence-electron chi connectivity index (χ1n) is 6.04. The van der Waals surface area contributed by atoms with Crippen molar-refractivity contribution in [2.75, 3.05) is 24.2 Å². The molecule has 0 spiro atoms. The minimum absolute atomic E-state index is 0.0951. The number of nitrogens with one attached hydrogen (secondary N) is 1. The highest BCUT2D eigenvalue weighted by atomic mass is 16.6. The Hall–Kier alpha value is -1.86. The number of nitro groups is 1. The highest BCUT2D eigenvalue weighted by Crippen LogP contribution is 2.28. The lowest BCUT2D eigenvalue weighted by Gasteiger charge is -2.26. The van der Waals surface area contributed by atoms with Gasteiger partial charge in [-0.15, -0.1) is 0 Å². The molecular weight excluding hydrogens is 250 g/mol. The predicted molar refractivity (Wildman–Crippen MR) is 71.0 cm³/mol. The first-order valence-corrected chi connectivity index (χ1v) is 6.04. The molecule has 0 saturated carbocycles. The Morgan fingerprint density at radius 2 is 2.42 bits per heavy atom. The molecule has 1 aromatic rings. The first kappa shape index (κ1) is 13.6. The standard InChI is InChI=1S/C12H17N3O4/c1-8-12(16,4-5-19-8)7-14-9-2-3-11(15(17)18)10(13)6-9/h2-3,6,8,14,16H,4-5,7,13H2,1H3. The zero-order valence-electron chi connectivity index (χ0n) is 10.6. The Balaban J connectivity index is 2.04. The average molecular weight is 267 g/mol. The summed E-state index contributed by atoms with van der Waals surface area (Å²) in [5, 5.41) is 24.0. The Labute approximate surface area is 110 Å².